The second kappa shape index (κ2) is 9.15. The third-order valence-electron chi connectivity index (χ3n) is 4.50. The molecule has 2 heterocycles. The lowest BCUT2D eigenvalue weighted by atomic mass is 10.0. The van der Waals surface area contributed by atoms with E-state index in [1.54, 1.807) is 10.6 Å². The molecule has 9 heteroatoms. The maximum atomic E-state index is 12.2. The van der Waals surface area contributed by atoms with Gasteiger partial charge in [-0.25, -0.2) is 9.79 Å². The van der Waals surface area contributed by atoms with E-state index in [1.807, 2.05) is 24.3 Å². The predicted molar refractivity (Wildman–Crippen MR) is 114 cm³/mol. The monoisotopic (exact) mass is 432 g/mol. The summed E-state index contributed by atoms with van der Waals surface area (Å²) in [6.07, 6.45) is 3.86. The van der Waals surface area contributed by atoms with E-state index in [-0.39, 0.29) is 18.0 Å². The van der Waals surface area contributed by atoms with Crippen LogP contribution >= 0.6 is 23.6 Å². The molecule has 1 aromatic carbocycles. The molecule has 0 aliphatic carbocycles. The number of hydrogen-bond donors (Lipinski definition) is 2. The summed E-state index contributed by atoms with van der Waals surface area (Å²) in [5.41, 5.74) is 2.21. The van der Waals surface area contributed by atoms with Crippen molar-refractivity contribution < 1.29 is 24.5 Å². The van der Waals surface area contributed by atoms with Crippen LogP contribution in [-0.2, 0) is 20.9 Å². The number of aliphatic imine (C=N–C) groups is 1. The number of aliphatic carboxylic acids is 1. The molecule has 1 aliphatic heterocycles. The number of para-hydroxylation sites is 1. The number of aromatic nitrogens is 1. The first kappa shape index (κ1) is 20.9. The molecule has 2 aromatic rings. The molecule has 0 atom stereocenters. The van der Waals surface area contributed by atoms with Crippen LogP contribution in [0.25, 0.3) is 11.6 Å². The van der Waals surface area contributed by atoms with Gasteiger partial charge in [0.2, 0.25) is 5.88 Å². The lowest BCUT2D eigenvalue weighted by Gasteiger charge is -2.05. The molecule has 152 valence electrons. The van der Waals surface area contributed by atoms with Gasteiger partial charge in [0, 0.05) is 24.1 Å². The van der Waals surface area contributed by atoms with Crippen molar-refractivity contribution in [3.8, 4) is 5.88 Å². The summed E-state index contributed by atoms with van der Waals surface area (Å²) in [4.78, 5) is 27.6. The number of hydrogen-bond acceptors (Lipinski definition) is 7. The number of ether oxygens (including phenoxy) is 1. The van der Waals surface area contributed by atoms with Crippen LogP contribution in [0.3, 0.4) is 0 Å². The van der Waals surface area contributed by atoms with Crippen molar-refractivity contribution in [1.29, 1.82) is 0 Å². The fourth-order valence-corrected chi connectivity index (χ4v) is 4.37. The largest absolute Gasteiger partial charge is 0.493 e. The smallest absolute Gasteiger partial charge is 0.357 e. The molecule has 3 rings (SSSR count). The summed E-state index contributed by atoms with van der Waals surface area (Å²) in [5, 5.41) is 19.4. The van der Waals surface area contributed by atoms with Gasteiger partial charge in [-0.05, 0) is 37.2 Å². The third kappa shape index (κ3) is 4.63. The zero-order chi connectivity index (χ0) is 21.0. The molecule has 0 radical (unpaired) electrons. The highest BCUT2D eigenvalue weighted by Gasteiger charge is 2.27. The van der Waals surface area contributed by atoms with Gasteiger partial charge in [-0.2, -0.15) is 0 Å². The number of methoxy groups -OCH3 is 1. The Kier molecular flexibility index (Phi) is 6.60. The van der Waals surface area contributed by atoms with Crippen molar-refractivity contribution in [3.63, 3.8) is 0 Å². The van der Waals surface area contributed by atoms with E-state index in [0.29, 0.717) is 39.5 Å². The van der Waals surface area contributed by atoms with Gasteiger partial charge in [0.1, 0.15) is 0 Å². The molecule has 1 aromatic heterocycles. The van der Waals surface area contributed by atoms with E-state index in [4.69, 9.17) is 22.1 Å². The Balaban J connectivity index is 1.86. The number of unbranched alkanes of at least 4 members (excludes halogenated alkanes) is 2. The van der Waals surface area contributed by atoms with E-state index < -0.39 is 11.9 Å². The van der Waals surface area contributed by atoms with Crippen molar-refractivity contribution in [1.82, 2.24) is 4.57 Å². The topological polar surface area (TPSA) is 101 Å². The van der Waals surface area contributed by atoms with Crippen molar-refractivity contribution in [3.05, 3.63) is 38.7 Å². The number of rotatable bonds is 8. The van der Waals surface area contributed by atoms with Gasteiger partial charge in [-0.15, -0.1) is 11.3 Å². The number of nitrogens with zero attached hydrogens (tertiary/aromatic N) is 2. The SMILES string of the molecule is COC(=O)C1=Nc2ccccc2C1=Cc1sc(=S)n(CCCCCC(=O)O)c1O. The fraction of sp³-hybridized carbons (Fsp3) is 0.300. The summed E-state index contributed by atoms with van der Waals surface area (Å²) in [6, 6.07) is 7.36. The van der Waals surface area contributed by atoms with Crippen molar-refractivity contribution in [2.24, 2.45) is 4.99 Å². The minimum Gasteiger partial charge on any atom is -0.493 e. The highest BCUT2D eigenvalue weighted by molar-refractivity contribution is 7.73. The van der Waals surface area contributed by atoms with Crippen LogP contribution in [0.1, 0.15) is 36.1 Å². The number of carboxylic acids is 1. The van der Waals surface area contributed by atoms with Crippen LogP contribution in [0, 0.1) is 3.95 Å². The first-order chi connectivity index (χ1) is 13.9. The lowest BCUT2D eigenvalue weighted by molar-refractivity contribution is -0.137. The standard InChI is InChI=1S/C20H20N2O5S2/c1-27-19(26)17-13(12-7-4-5-8-14(12)21-17)11-15-18(25)22(20(28)29-15)10-6-2-3-9-16(23)24/h4-5,7-8,11,25H,2-3,6,9-10H2,1H3,(H,23,24). The van der Waals surface area contributed by atoms with E-state index in [9.17, 15) is 14.7 Å². The molecule has 0 unspecified atom stereocenters. The van der Waals surface area contributed by atoms with Gasteiger partial charge >= 0.3 is 11.9 Å². The average molecular weight is 433 g/mol. The number of esters is 1. The molecule has 1 aliphatic rings. The van der Waals surface area contributed by atoms with Crippen LogP contribution < -0.4 is 0 Å². The van der Waals surface area contributed by atoms with E-state index in [0.717, 1.165) is 12.0 Å². The summed E-state index contributed by atoms with van der Waals surface area (Å²) >= 11 is 6.62. The molecule has 0 saturated carbocycles. The number of aromatic hydroxyl groups is 1. The quantitative estimate of drug-likeness (QED) is 0.364. The van der Waals surface area contributed by atoms with Gasteiger partial charge in [-0.3, -0.25) is 9.36 Å². The normalized spacial score (nSPS) is 14.0. The third-order valence-corrected chi connectivity index (χ3v) is 5.89. The number of thiazole rings is 1. The second-order valence-electron chi connectivity index (χ2n) is 6.44. The number of carbonyl (C=O) groups is 2. The zero-order valence-corrected chi connectivity index (χ0v) is 17.4. The molecular weight excluding hydrogens is 412 g/mol. The fourth-order valence-electron chi connectivity index (χ4n) is 3.07. The van der Waals surface area contributed by atoms with E-state index in [1.165, 1.54) is 18.4 Å². The first-order valence-corrected chi connectivity index (χ1v) is 10.3. The second-order valence-corrected chi connectivity index (χ2v) is 8.11. The highest BCUT2D eigenvalue weighted by Crippen LogP contribution is 2.38. The van der Waals surface area contributed by atoms with Crippen molar-refractivity contribution >= 4 is 58.5 Å². The van der Waals surface area contributed by atoms with E-state index >= 15 is 0 Å². The predicted octanol–water partition coefficient (Wildman–Crippen LogP) is 4.43. The Morgan fingerprint density at radius 1 is 1.28 bits per heavy atom. The first-order valence-electron chi connectivity index (χ1n) is 9.05. The van der Waals surface area contributed by atoms with Crippen molar-refractivity contribution in [2.45, 2.75) is 32.2 Å². The minimum absolute atomic E-state index is 0.0272. The van der Waals surface area contributed by atoms with Crippen LogP contribution in [0.4, 0.5) is 5.69 Å². The molecule has 29 heavy (non-hydrogen) atoms. The molecular formula is C20H20N2O5S2. The molecule has 7 nitrogen and oxygen atoms in total. The Hall–Kier alpha value is -2.78. The van der Waals surface area contributed by atoms with Crippen LogP contribution in [0.5, 0.6) is 5.88 Å². The highest BCUT2D eigenvalue weighted by atomic mass is 32.1. The number of benzene rings is 1. The lowest BCUT2D eigenvalue weighted by Crippen LogP contribution is -2.14. The van der Waals surface area contributed by atoms with Gasteiger partial charge < -0.3 is 14.9 Å². The Morgan fingerprint density at radius 2 is 2.03 bits per heavy atom. The number of carboxylic acid groups (broad SMARTS) is 1. The van der Waals surface area contributed by atoms with Gasteiger partial charge in [-0.1, -0.05) is 24.6 Å². The van der Waals surface area contributed by atoms with Crippen LogP contribution in [0.2, 0.25) is 0 Å². The Bertz CT molecular complexity index is 1070. The average Bonchev–Trinajstić information content (AvgIpc) is 3.19. The molecule has 0 spiro atoms. The number of carbonyl (C=O) groups excluding carboxylic acids is 1. The summed E-state index contributed by atoms with van der Waals surface area (Å²) in [5.74, 6) is -1.33. The maximum Gasteiger partial charge on any atom is 0.357 e. The maximum absolute atomic E-state index is 12.2. The molecule has 0 amide bonds. The molecule has 2 N–H and O–H groups in total. The minimum atomic E-state index is -0.811. The van der Waals surface area contributed by atoms with E-state index in [2.05, 4.69) is 4.99 Å². The summed E-state index contributed by atoms with van der Waals surface area (Å²) < 4.78 is 6.99. The van der Waals surface area contributed by atoms with Crippen LogP contribution in [-0.4, -0.2) is 39.5 Å². The van der Waals surface area contributed by atoms with Gasteiger partial charge in [0.15, 0.2) is 9.67 Å². The number of fused-ring (bicyclic) bond motifs is 1. The zero-order valence-electron chi connectivity index (χ0n) is 15.8. The van der Waals surface area contributed by atoms with Gasteiger partial charge in [0.05, 0.1) is 17.7 Å². The van der Waals surface area contributed by atoms with Gasteiger partial charge in [0.25, 0.3) is 0 Å². The van der Waals surface area contributed by atoms with Crippen molar-refractivity contribution in [2.75, 3.05) is 7.11 Å². The molecule has 0 fully saturated rings. The summed E-state index contributed by atoms with van der Waals surface area (Å²) in [7, 11) is 1.30. The Morgan fingerprint density at radius 3 is 2.76 bits per heavy atom. The van der Waals surface area contributed by atoms with Crippen LogP contribution in [0.15, 0.2) is 29.3 Å². The molecule has 0 saturated heterocycles. The summed E-state index contributed by atoms with van der Waals surface area (Å²) in [6.45, 7) is 0.499. The molecule has 0 bridgehead atoms. The Labute approximate surface area is 176 Å².